The number of benzene rings is 1. The molecule has 1 aromatic heterocycles. The summed E-state index contributed by atoms with van der Waals surface area (Å²) in [5.74, 6) is -0.233. The predicted octanol–water partition coefficient (Wildman–Crippen LogP) is 1.87. The van der Waals surface area contributed by atoms with E-state index in [4.69, 9.17) is 0 Å². The first-order valence-electron chi connectivity index (χ1n) is 4.86. The molecule has 5 heteroatoms. The van der Waals surface area contributed by atoms with Crippen LogP contribution in [0.5, 0.6) is 0 Å². The Balaban J connectivity index is 1.86. The lowest BCUT2D eigenvalue weighted by molar-refractivity contribution is 0.619. The summed E-state index contributed by atoms with van der Waals surface area (Å²) in [5, 5.41) is 4.91. The van der Waals surface area contributed by atoms with Crippen LogP contribution < -0.4 is 10.2 Å². The standard InChI is InChI=1S/C11H11FN2OS/c12-9-3-1-2-8(4-9)5-13-6-10-7-16-11(15)14-10/h1-4,7,13H,5-6H2,(H,14,15). The normalized spacial score (nSPS) is 10.6. The number of aromatic amines is 1. The van der Waals surface area contributed by atoms with Gasteiger partial charge in [-0.1, -0.05) is 23.5 Å². The third-order valence-corrected chi connectivity index (χ3v) is 2.82. The van der Waals surface area contributed by atoms with Gasteiger partial charge in [-0.15, -0.1) is 0 Å². The van der Waals surface area contributed by atoms with Crippen molar-refractivity contribution in [3.8, 4) is 0 Å². The fourth-order valence-electron chi connectivity index (χ4n) is 1.39. The van der Waals surface area contributed by atoms with Gasteiger partial charge in [0.15, 0.2) is 0 Å². The Bertz CT molecular complexity index is 520. The van der Waals surface area contributed by atoms with E-state index in [1.807, 2.05) is 6.07 Å². The van der Waals surface area contributed by atoms with Gasteiger partial charge in [0.05, 0.1) is 0 Å². The Hall–Kier alpha value is -1.46. The van der Waals surface area contributed by atoms with E-state index in [2.05, 4.69) is 10.3 Å². The average Bonchev–Trinajstić information content (AvgIpc) is 2.64. The smallest absolute Gasteiger partial charge is 0.304 e. The van der Waals surface area contributed by atoms with Gasteiger partial charge >= 0.3 is 4.87 Å². The van der Waals surface area contributed by atoms with E-state index >= 15 is 0 Å². The van der Waals surface area contributed by atoms with Crippen molar-refractivity contribution in [2.75, 3.05) is 0 Å². The molecule has 0 radical (unpaired) electrons. The third kappa shape index (κ3) is 3.01. The number of hydrogen-bond acceptors (Lipinski definition) is 3. The molecule has 0 unspecified atom stereocenters. The molecule has 0 spiro atoms. The minimum absolute atomic E-state index is 0.0532. The number of aromatic nitrogens is 1. The van der Waals surface area contributed by atoms with Crippen molar-refractivity contribution in [3.05, 3.63) is 56.4 Å². The number of H-pyrrole nitrogens is 1. The van der Waals surface area contributed by atoms with Gasteiger partial charge in [0.2, 0.25) is 0 Å². The lowest BCUT2D eigenvalue weighted by atomic mass is 10.2. The van der Waals surface area contributed by atoms with Crippen LogP contribution >= 0.6 is 11.3 Å². The Kier molecular flexibility index (Phi) is 3.48. The molecule has 2 N–H and O–H groups in total. The summed E-state index contributed by atoms with van der Waals surface area (Å²) in [6.07, 6.45) is 0. The molecule has 0 atom stereocenters. The summed E-state index contributed by atoms with van der Waals surface area (Å²) in [5.41, 5.74) is 1.74. The van der Waals surface area contributed by atoms with Crippen LogP contribution in [0.4, 0.5) is 4.39 Å². The molecule has 0 saturated heterocycles. The van der Waals surface area contributed by atoms with Crippen molar-refractivity contribution in [2.24, 2.45) is 0 Å². The van der Waals surface area contributed by atoms with Crippen LogP contribution in [0, 0.1) is 5.82 Å². The maximum Gasteiger partial charge on any atom is 0.304 e. The Morgan fingerprint density at radius 1 is 1.38 bits per heavy atom. The molecule has 84 valence electrons. The van der Waals surface area contributed by atoms with E-state index in [0.29, 0.717) is 13.1 Å². The zero-order chi connectivity index (χ0) is 11.4. The van der Waals surface area contributed by atoms with Gasteiger partial charge in [-0.25, -0.2) is 4.39 Å². The van der Waals surface area contributed by atoms with E-state index in [1.54, 1.807) is 11.4 Å². The molecule has 1 aromatic carbocycles. The molecule has 0 aliphatic heterocycles. The zero-order valence-electron chi connectivity index (χ0n) is 8.50. The van der Waals surface area contributed by atoms with E-state index in [9.17, 15) is 9.18 Å². The van der Waals surface area contributed by atoms with Gasteiger partial charge in [0, 0.05) is 24.2 Å². The quantitative estimate of drug-likeness (QED) is 0.854. The lowest BCUT2D eigenvalue weighted by Crippen LogP contribution is -2.13. The first-order chi connectivity index (χ1) is 7.74. The van der Waals surface area contributed by atoms with Crippen molar-refractivity contribution < 1.29 is 4.39 Å². The summed E-state index contributed by atoms with van der Waals surface area (Å²) in [4.78, 5) is 13.5. The SMILES string of the molecule is O=c1[nH]c(CNCc2cccc(F)c2)cs1. The molecule has 16 heavy (non-hydrogen) atoms. The number of halogens is 1. The number of rotatable bonds is 4. The number of nitrogens with one attached hydrogen (secondary N) is 2. The molecule has 0 aliphatic rings. The molecule has 0 bridgehead atoms. The highest BCUT2D eigenvalue weighted by Gasteiger charge is 1.97. The van der Waals surface area contributed by atoms with Crippen LogP contribution in [-0.2, 0) is 13.1 Å². The molecule has 2 rings (SSSR count). The number of hydrogen-bond donors (Lipinski definition) is 2. The van der Waals surface area contributed by atoms with Crippen molar-refractivity contribution in [3.63, 3.8) is 0 Å². The average molecular weight is 238 g/mol. The van der Waals surface area contributed by atoms with Crippen molar-refractivity contribution >= 4 is 11.3 Å². The molecule has 0 fully saturated rings. The topological polar surface area (TPSA) is 44.9 Å². The summed E-state index contributed by atoms with van der Waals surface area (Å²) in [7, 11) is 0. The molecule has 0 amide bonds. The van der Waals surface area contributed by atoms with E-state index in [-0.39, 0.29) is 10.7 Å². The van der Waals surface area contributed by atoms with E-state index < -0.39 is 0 Å². The summed E-state index contributed by atoms with van der Waals surface area (Å²) in [6.45, 7) is 1.16. The van der Waals surface area contributed by atoms with Crippen molar-refractivity contribution in [2.45, 2.75) is 13.1 Å². The molecule has 0 saturated carbocycles. The van der Waals surface area contributed by atoms with Crippen LogP contribution in [-0.4, -0.2) is 4.98 Å². The molecule has 1 heterocycles. The molecular weight excluding hydrogens is 227 g/mol. The second-order valence-corrected chi connectivity index (χ2v) is 4.25. The van der Waals surface area contributed by atoms with E-state index in [0.717, 1.165) is 22.6 Å². The first-order valence-corrected chi connectivity index (χ1v) is 5.74. The second-order valence-electron chi connectivity index (χ2n) is 3.41. The Morgan fingerprint density at radius 2 is 2.25 bits per heavy atom. The van der Waals surface area contributed by atoms with Crippen LogP contribution in [0.25, 0.3) is 0 Å². The predicted molar refractivity (Wildman–Crippen MR) is 61.9 cm³/mol. The molecule has 2 aromatic rings. The second kappa shape index (κ2) is 5.05. The fourth-order valence-corrected chi connectivity index (χ4v) is 1.97. The largest absolute Gasteiger partial charge is 0.315 e. The van der Waals surface area contributed by atoms with Crippen LogP contribution in [0.15, 0.2) is 34.4 Å². The summed E-state index contributed by atoms with van der Waals surface area (Å²) in [6, 6.07) is 6.44. The monoisotopic (exact) mass is 238 g/mol. The highest BCUT2D eigenvalue weighted by atomic mass is 32.1. The van der Waals surface area contributed by atoms with Crippen molar-refractivity contribution in [1.82, 2.24) is 10.3 Å². The van der Waals surface area contributed by atoms with Gasteiger partial charge in [-0.05, 0) is 17.7 Å². The first kappa shape index (κ1) is 11.0. The third-order valence-electron chi connectivity index (χ3n) is 2.10. The number of thiazole rings is 1. The van der Waals surface area contributed by atoms with Crippen LogP contribution in [0.1, 0.15) is 11.3 Å². The lowest BCUT2D eigenvalue weighted by Gasteiger charge is -2.03. The Morgan fingerprint density at radius 3 is 2.94 bits per heavy atom. The molecular formula is C11H11FN2OS. The van der Waals surface area contributed by atoms with Gasteiger partial charge in [-0.2, -0.15) is 0 Å². The fraction of sp³-hybridized carbons (Fsp3) is 0.182. The minimum atomic E-state index is -0.233. The zero-order valence-corrected chi connectivity index (χ0v) is 9.31. The maximum atomic E-state index is 12.8. The summed E-state index contributed by atoms with van der Waals surface area (Å²) >= 11 is 1.14. The van der Waals surface area contributed by atoms with Gasteiger partial charge < -0.3 is 10.3 Å². The van der Waals surface area contributed by atoms with Gasteiger partial charge in [-0.3, -0.25) is 4.79 Å². The van der Waals surface area contributed by atoms with Crippen LogP contribution in [0.3, 0.4) is 0 Å². The van der Waals surface area contributed by atoms with Crippen LogP contribution in [0.2, 0.25) is 0 Å². The Labute approximate surface area is 96.0 Å². The molecule has 3 nitrogen and oxygen atoms in total. The minimum Gasteiger partial charge on any atom is -0.315 e. The van der Waals surface area contributed by atoms with Gasteiger partial charge in [0.1, 0.15) is 5.82 Å². The summed E-state index contributed by atoms with van der Waals surface area (Å²) < 4.78 is 12.8. The maximum absolute atomic E-state index is 12.8. The highest BCUT2D eigenvalue weighted by Crippen LogP contribution is 2.03. The molecule has 0 aliphatic carbocycles. The highest BCUT2D eigenvalue weighted by molar-refractivity contribution is 7.07. The van der Waals surface area contributed by atoms with Crippen molar-refractivity contribution in [1.29, 1.82) is 0 Å². The van der Waals surface area contributed by atoms with Gasteiger partial charge in [0.25, 0.3) is 0 Å². The van der Waals surface area contributed by atoms with E-state index in [1.165, 1.54) is 12.1 Å².